The Morgan fingerprint density at radius 2 is 1.94 bits per heavy atom. The normalized spacial score (nSPS) is 11.0. The Bertz CT molecular complexity index is 1300. The third-order valence-corrected chi connectivity index (χ3v) is 4.52. The van der Waals surface area contributed by atoms with Crippen LogP contribution in [-0.4, -0.2) is 27.8 Å². The molecule has 0 aliphatic carbocycles. The Kier molecular flexibility index (Phi) is 7.29. The number of carbonyl (C=O) groups is 2. The smallest absolute Gasteiger partial charge is 0.453 e. The number of hydrogen-bond acceptors (Lipinski definition) is 6. The molecule has 1 heterocycles. The number of benzene rings is 2. The molecule has 0 atom stereocenters. The van der Waals surface area contributed by atoms with Gasteiger partial charge in [0.15, 0.2) is 11.6 Å². The molecule has 0 spiro atoms. The number of halogens is 6. The molecule has 0 aliphatic rings. The van der Waals surface area contributed by atoms with Crippen LogP contribution >= 0.6 is 23.2 Å². The summed E-state index contributed by atoms with van der Waals surface area (Å²) in [6, 6.07) is 8.49. The van der Waals surface area contributed by atoms with E-state index in [-0.39, 0.29) is 39.2 Å². The van der Waals surface area contributed by atoms with Gasteiger partial charge in [-0.2, -0.15) is 23.2 Å². The second-order valence-electron chi connectivity index (χ2n) is 6.42. The molecule has 0 saturated carbocycles. The second kappa shape index (κ2) is 9.98. The Morgan fingerprint density at radius 3 is 2.62 bits per heavy atom. The zero-order chi connectivity index (χ0) is 25.0. The minimum Gasteiger partial charge on any atom is -0.453 e. The van der Waals surface area contributed by atoms with Gasteiger partial charge in [0.25, 0.3) is 5.91 Å². The maximum absolute atomic E-state index is 15.0. The highest BCUT2D eigenvalue weighted by atomic mass is 35.5. The first-order chi connectivity index (χ1) is 16.0. The third kappa shape index (κ3) is 5.94. The molecule has 3 aromatic rings. The summed E-state index contributed by atoms with van der Waals surface area (Å²) in [5, 5.41) is 11.4. The SMILES string of the molecule is N#Cc1cc(Cl)cc(Oc2c(Cl)ccc(CNC(=O)c3cn(OC(=O)C(F)(F)F)cn3)c2F)c1. The summed E-state index contributed by atoms with van der Waals surface area (Å²) in [5.41, 5.74) is -0.287. The van der Waals surface area contributed by atoms with Crippen LogP contribution in [0.25, 0.3) is 0 Å². The molecule has 0 bridgehead atoms. The molecular weight excluding hydrogens is 507 g/mol. The summed E-state index contributed by atoms with van der Waals surface area (Å²) in [7, 11) is 0. The van der Waals surface area contributed by atoms with Crippen LogP contribution < -0.4 is 14.9 Å². The molecule has 3 rings (SSSR count). The number of imidazole rings is 1. The second-order valence-corrected chi connectivity index (χ2v) is 7.26. The minimum atomic E-state index is -5.24. The number of hydrogen-bond donors (Lipinski definition) is 1. The third-order valence-electron chi connectivity index (χ3n) is 4.00. The van der Waals surface area contributed by atoms with Crippen LogP contribution in [0, 0.1) is 17.1 Å². The lowest BCUT2D eigenvalue weighted by Crippen LogP contribution is -2.32. The van der Waals surface area contributed by atoms with Gasteiger partial charge in [-0.3, -0.25) is 4.79 Å². The van der Waals surface area contributed by atoms with Crippen LogP contribution in [0.2, 0.25) is 10.0 Å². The van der Waals surface area contributed by atoms with Gasteiger partial charge in [-0.1, -0.05) is 29.3 Å². The number of rotatable bonds is 6. The first kappa shape index (κ1) is 24.8. The first-order valence-corrected chi connectivity index (χ1v) is 9.70. The highest BCUT2D eigenvalue weighted by molar-refractivity contribution is 6.32. The maximum atomic E-state index is 15.0. The van der Waals surface area contributed by atoms with Crippen molar-refractivity contribution in [3.63, 3.8) is 0 Å². The van der Waals surface area contributed by atoms with Crippen LogP contribution in [-0.2, 0) is 11.3 Å². The van der Waals surface area contributed by atoms with Crippen molar-refractivity contribution in [3.05, 3.63) is 75.5 Å². The fraction of sp³-hybridized carbons (Fsp3) is 0.100. The molecule has 0 unspecified atom stereocenters. The predicted octanol–water partition coefficient (Wildman–Crippen LogP) is 4.44. The topological polar surface area (TPSA) is 106 Å². The van der Waals surface area contributed by atoms with Gasteiger partial charge in [-0.25, -0.2) is 14.2 Å². The number of nitriles is 1. The van der Waals surface area contributed by atoms with E-state index >= 15 is 0 Å². The molecule has 14 heteroatoms. The lowest BCUT2D eigenvalue weighted by atomic mass is 10.2. The van der Waals surface area contributed by atoms with Crippen LogP contribution in [0.3, 0.4) is 0 Å². The summed E-state index contributed by atoms with van der Waals surface area (Å²) in [4.78, 5) is 30.5. The van der Waals surface area contributed by atoms with Crippen LogP contribution in [0.1, 0.15) is 21.6 Å². The lowest BCUT2D eigenvalue weighted by molar-refractivity contribution is -0.199. The number of aromatic nitrogens is 2. The van der Waals surface area contributed by atoms with Gasteiger partial charge in [0, 0.05) is 17.1 Å². The predicted molar refractivity (Wildman–Crippen MR) is 109 cm³/mol. The minimum absolute atomic E-state index is 0.0463. The Hall–Kier alpha value is -3.82. The average Bonchev–Trinajstić information content (AvgIpc) is 3.23. The van der Waals surface area contributed by atoms with Gasteiger partial charge in [0.1, 0.15) is 17.8 Å². The van der Waals surface area contributed by atoms with E-state index in [0.29, 0.717) is 11.1 Å². The average molecular weight is 517 g/mol. The van der Waals surface area contributed by atoms with E-state index in [4.69, 9.17) is 33.2 Å². The molecule has 34 heavy (non-hydrogen) atoms. The standard InChI is InChI=1S/C20H10Cl2F4N4O4/c21-12-3-10(6-27)4-13(5-12)33-17-14(22)2-1-11(16(17)23)7-28-18(31)15-8-30(9-29-15)34-19(32)20(24,25)26/h1-5,8-9H,7H2,(H,28,31). The van der Waals surface area contributed by atoms with E-state index < -0.39 is 29.6 Å². The number of amides is 1. The van der Waals surface area contributed by atoms with Crippen molar-refractivity contribution in [2.45, 2.75) is 12.7 Å². The molecule has 0 radical (unpaired) electrons. The quantitative estimate of drug-likeness (QED) is 0.485. The van der Waals surface area contributed by atoms with Crippen molar-refractivity contribution >= 4 is 35.1 Å². The number of nitrogens with zero attached hydrogens (tertiary/aromatic N) is 3. The number of nitrogens with one attached hydrogen (secondary N) is 1. The lowest BCUT2D eigenvalue weighted by Gasteiger charge is -2.13. The monoisotopic (exact) mass is 516 g/mol. The molecule has 176 valence electrons. The van der Waals surface area contributed by atoms with Crippen molar-refractivity contribution in [2.75, 3.05) is 0 Å². The van der Waals surface area contributed by atoms with Gasteiger partial charge < -0.3 is 14.9 Å². The molecule has 1 N–H and O–H groups in total. The highest BCUT2D eigenvalue weighted by Crippen LogP contribution is 2.35. The van der Waals surface area contributed by atoms with Gasteiger partial charge in [0.05, 0.1) is 22.9 Å². The fourth-order valence-corrected chi connectivity index (χ4v) is 2.90. The molecule has 0 aliphatic heterocycles. The van der Waals surface area contributed by atoms with E-state index in [1.807, 2.05) is 6.07 Å². The van der Waals surface area contributed by atoms with Crippen molar-refractivity contribution in [3.8, 4) is 17.6 Å². The summed E-state index contributed by atoms with van der Waals surface area (Å²) in [6.45, 7) is -0.383. The molecule has 0 fully saturated rings. The van der Waals surface area contributed by atoms with Gasteiger partial charge in [0.2, 0.25) is 0 Å². The summed E-state index contributed by atoms with van der Waals surface area (Å²) >= 11 is 11.9. The van der Waals surface area contributed by atoms with E-state index in [1.54, 1.807) is 0 Å². The summed E-state index contributed by atoms with van der Waals surface area (Å²) in [6.07, 6.45) is -3.83. The van der Waals surface area contributed by atoms with Crippen molar-refractivity contribution < 1.29 is 36.7 Å². The first-order valence-electron chi connectivity index (χ1n) is 8.95. The number of carbonyl (C=O) groups excluding carboxylic acids is 2. The van der Waals surface area contributed by atoms with Crippen LogP contribution in [0.15, 0.2) is 42.9 Å². The Balaban J connectivity index is 1.71. The number of alkyl halides is 3. The summed E-state index contributed by atoms with van der Waals surface area (Å²) in [5.74, 6) is -4.66. The number of ether oxygens (including phenoxy) is 1. The van der Waals surface area contributed by atoms with Crippen LogP contribution in [0.4, 0.5) is 17.6 Å². The van der Waals surface area contributed by atoms with Crippen molar-refractivity contribution in [1.82, 2.24) is 15.0 Å². The largest absolute Gasteiger partial charge is 0.493 e. The van der Waals surface area contributed by atoms with Gasteiger partial charge in [-0.15, -0.1) is 0 Å². The summed E-state index contributed by atoms with van der Waals surface area (Å²) < 4.78 is 57.4. The Morgan fingerprint density at radius 1 is 1.21 bits per heavy atom. The fourth-order valence-electron chi connectivity index (χ4n) is 2.49. The van der Waals surface area contributed by atoms with E-state index in [2.05, 4.69) is 15.1 Å². The molecule has 8 nitrogen and oxygen atoms in total. The molecule has 0 saturated heterocycles. The molecular formula is C20H10Cl2F4N4O4. The van der Waals surface area contributed by atoms with E-state index in [1.165, 1.54) is 30.3 Å². The van der Waals surface area contributed by atoms with E-state index in [0.717, 1.165) is 6.20 Å². The molecule has 1 amide bonds. The Labute approximate surface area is 198 Å². The van der Waals surface area contributed by atoms with Gasteiger partial charge in [-0.05, 0) is 24.3 Å². The van der Waals surface area contributed by atoms with Crippen LogP contribution in [0.5, 0.6) is 11.5 Å². The van der Waals surface area contributed by atoms with Crippen molar-refractivity contribution in [2.24, 2.45) is 0 Å². The van der Waals surface area contributed by atoms with E-state index in [9.17, 15) is 27.2 Å². The maximum Gasteiger partial charge on any atom is 0.493 e. The molecule has 1 aromatic heterocycles. The highest BCUT2D eigenvalue weighted by Gasteiger charge is 2.42. The van der Waals surface area contributed by atoms with Gasteiger partial charge >= 0.3 is 12.1 Å². The van der Waals surface area contributed by atoms with Crippen molar-refractivity contribution in [1.29, 1.82) is 5.26 Å². The zero-order valence-electron chi connectivity index (χ0n) is 16.5. The molecule has 2 aromatic carbocycles. The zero-order valence-corrected chi connectivity index (χ0v) is 18.0.